The molecule has 0 spiro atoms. The van der Waals surface area contributed by atoms with Crippen molar-refractivity contribution in [1.29, 1.82) is 0 Å². The lowest BCUT2D eigenvalue weighted by Gasteiger charge is -2.25. The van der Waals surface area contributed by atoms with E-state index < -0.39 is 0 Å². The van der Waals surface area contributed by atoms with Crippen LogP contribution >= 0.6 is 27.5 Å². The van der Waals surface area contributed by atoms with Crippen LogP contribution in [0.2, 0.25) is 5.02 Å². The smallest absolute Gasteiger partial charge is 0.254 e. The topological polar surface area (TPSA) is 72.4 Å². The molecule has 7 nitrogen and oxygen atoms in total. The van der Waals surface area contributed by atoms with Gasteiger partial charge in [-0.25, -0.2) is 5.43 Å². The highest BCUT2D eigenvalue weighted by molar-refractivity contribution is 9.10. The molecular formula is C22H25BrClN3O4. The number of rotatable bonds is 9. The molecule has 31 heavy (non-hydrogen) atoms. The zero-order valence-electron chi connectivity index (χ0n) is 17.3. The van der Waals surface area contributed by atoms with Gasteiger partial charge in [0, 0.05) is 17.6 Å². The standard InChI is InChI=1S/C22H25BrClN3O4/c1-2-30-20-12-17(13-25-26-21(28)14-27-7-9-29-10-8-27)11-19(24)22(20)31-15-16-3-5-18(23)6-4-16/h3-6,11-13H,2,7-10,14-15H2,1H3,(H,26,28)/b25-13+. The molecule has 3 rings (SSSR count). The van der Waals surface area contributed by atoms with E-state index in [2.05, 4.69) is 26.5 Å². The fourth-order valence-corrected chi connectivity index (χ4v) is 3.52. The molecule has 2 aromatic rings. The van der Waals surface area contributed by atoms with Crippen LogP contribution in [0.4, 0.5) is 0 Å². The van der Waals surface area contributed by atoms with Gasteiger partial charge in [0.25, 0.3) is 5.91 Å². The van der Waals surface area contributed by atoms with Crippen molar-refractivity contribution in [1.82, 2.24) is 10.3 Å². The Morgan fingerprint density at radius 2 is 2.00 bits per heavy atom. The van der Waals surface area contributed by atoms with E-state index in [4.69, 9.17) is 25.8 Å². The molecule has 0 unspecified atom stereocenters. The van der Waals surface area contributed by atoms with Crippen LogP contribution in [0.1, 0.15) is 18.1 Å². The first-order valence-corrected chi connectivity index (χ1v) is 11.2. The minimum absolute atomic E-state index is 0.177. The molecule has 1 aliphatic rings. The predicted octanol–water partition coefficient (Wildman–Crippen LogP) is 3.86. The van der Waals surface area contributed by atoms with Gasteiger partial charge in [0.15, 0.2) is 11.5 Å². The maximum Gasteiger partial charge on any atom is 0.254 e. The van der Waals surface area contributed by atoms with Crippen LogP contribution in [0.15, 0.2) is 46.0 Å². The Hall–Kier alpha value is -2.13. The van der Waals surface area contributed by atoms with Gasteiger partial charge in [0.05, 0.1) is 37.6 Å². The molecule has 0 atom stereocenters. The van der Waals surface area contributed by atoms with Crippen molar-refractivity contribution in [2.24, 2.45) is 5.10 Å². The highest BCUT2D eigenvalue weighted by Gasteiger charge is 2.14. The van der Waals surface area contributed by atoms with E-state index >= 15 is 0 Å². The Bertz CT molecular complexity index is 902. The minimum Gasteiger partial charge on any atom is -0.490 e. The Kier molecular flexibility index (Phi) is 9.14. The van der Waals surface area contributed by atoms with Crippen LogP contribution in [-0.4, -0.2) is 56.5 Å². The molecule has 0 aliphatic carbocycles. The zero-order chi connectivity index (χ0) is 22.1. The van der Waals surface area contributed by atoms with Crippen molar-refractivity contribution in [2.75, 3.05) is 39.5 Å². The summed E-state index contributed by atoms with van der Waals surface area (Å²) in [4.78, 5) is 14.1. The third-order valence-corrected chi connectivity index (χ3v) is 5.31. The monoisotopic (exact) mass is 509 g/mol. The van der Waals surface area contributed by atoms with Crippen LogP contribution in [0.5, 0.6) is 11.5 Å². The van der Waals surface area contributed by atoms with Crippen LogP contribution < -0.4 is 14.9 Å². The number of hydrogen-bond acceptors (Lipinski definition) is 6. The molecular weight excluding hydrogens is 486 g/mol. The average Bonchev–Trinajstić information content (AvgIpc) is 2.75. The summed E-state index contributed by atoms with van der Waals surface area (Å²) in [6.45, 7) is 5.77. The number of hydrazone groups is 1. The third-order valence-electron chi connectivity index (χ3n) is 4.50. The number of benzene rings is 2. The minimum atomic E-state index is -0.177. The van der Waals surface area contributed by atoms with Gasteiger partial charge < -0.3 is 14.2 Å². The highest BCUT2D eigenvalue weighted by atomic mass is 79.9. The summed E-state index contributed by atoms with van der Waals surface area (Å²) in [5.74, 6) is 0.817. The van der Waals surface area contributed by atoms with Crippen LogP contribution in [-0.2, 0) is 16.1 Å². The normalized spacial score (nSPS) is 14.5. The number of carbonyl (C=O) groups excluding carboxylic acids is 1. The number of carbonyl (C=O) groups is 1. The maximum atomic E-state index is 12.1. The molecule has 1 aliphatic heterocycles. The Labute approximate surface area is 195 Å². The van der Waals surface area contributed by atoms with E-state index in [1.165, 1.54) is 6.21 Å². The van der Waals surface area contributed by atoms with Crippen molar-refractivity contribution in [3.63, 3.8) is 0 Å². The molecule has 0 aromatic heterocycles. The van der Waals surface area contributed by atoms with Gasteiger partial charge in [-0.05, 0) is 42.3 Å². The quantitative estimate of drug-likeness (QED) is 0.410. The Balaban J connectivity index is 1.62. The second-order valence-electron chi connectivity index (χ2n) is 6.86. The predicted molar refractivity (Wildman–Crippen MR) is 124 cm³/mol. The molecule has 1 heterocycles. The summed E-state index contributed by atoms with van der Waals surface area (Å²) in [6.07, 6.45) is 1.53. The van der Waals surface area contributed by atoms with Crippen LogP contribution in [0.3, 0.4) is 0 Å². The van der Waals surface area contributed by atoms with Crippen molar-refractivity contribution in [3.05, 3.63) is 57.0 Å². The summed E-state index contributed by atoms with van der Waals surface area (Å²) in [5.41, 5.74) is 4.24. The van der Waals surface area contributed by atoms with E-state index in [-0.39, 0.29) is 12.5 Å². The van der Waals surface area contributed by atoms with Crippen molar-refractivity contribution < 1.29 is 19.0 Å². The lowest BCUT2D eigenvalue weighted by atomic mass is 10.2. The summed E-state index contributed by atoms with van der Waals surface area (Å²) >= 11 is 9.87. The molecule has 0 saturated carbocycles. The first-order chi connectivity index (χ1) is 15.0. The number of hydrogen-bond donors (Lipinski definition) is 1. The third kappa shape index (κ3) is 7.50. The zero-order valence-corrected chi connectivity index (χ0v) is 19.6. The Morgan fingerprint density at radius 3 is 2.71 bits per heavy atom. The number of amides is 1. The maximum absolute atomic E-state index is 12.1. The van der Waals surface area contributed by atoms with Crippen molar-refractivity contribution >= 4 is 39.7 Å². The van der Waals surface area contributed by atoms with Gasteiger partial charge in [0.1, 0.15) is 6.61 Å². The van der Waals surface area contributed by atoms with E-state index in [9.17, 15) is 4.79 Å². The molecule has 1 N–H and O–H groups in total. The van der Waals surface area contributed by atoms with E-state index in [0.717, 1.165) is 23.1 Å². The van der Waals surface area contributed by atoms with Crippen molar-refractivity contribution in [3.8, 4) is 11.5 Å². The lowest BCUT2D eigenvalue weighted by Crippen LogP contribution is -2.42. The van der Waals surface area contributed by atoms with Gasteiger partial charge in [0.2, 0.25) is 0 Å². The van der Waals surface area contributed by atoms with Crippen LogP contribution in [0.25, 0.3) is 0 Å². The van der Waals surface area contributed by atoms with Crippen LogP contribution in [0, 0.1) is 0 Å². The Morgan fingerprint density at radius 1 is 1.26 bits per heavy atom. The van der Waals surface area contributed by atoms with Gasteiger partial charge in [-0.15, -0.1) is 0 Å². The second kappa shape index (κ2) is 12.0. The summed E-state index contributed by atoms with van der Waals surface area (Å²) in [7, 11) is 0. The van der Waals surface area contributed by atoms with Gasteiger partial charge in [-0.2, -0.15) is 5.10 Å². The molecule has 0 radical (unpaired) electrons. The van der Waals surface area contributed by atoms with Crippen molar-refractivity contribution in [2.45, 2.75) is 13.5 Å². The largest absolute Gasteiger partial charge is 0.490 e. The SMILES string of the molecule is CCOc1cc(/C=N/NC(=O)CN2CCOCC2)cc(Cl)c1OCc1ccc(Br)cc1. The molecule has 0 bridgehead atoms. The highest BCUT2D eigenvalue weighted by Crippen LogP contribution is 2.37. The average molecular weight is 511 g/mol. The van der Waals surface area contributed by atoms with Gasteiger partial charge in [-0.1, -0.05) is 39.7 Å². The van der Waals surface area contributed by atoms with E-state index in [1.54, 1.807) is 12.1 Å². The number of ether oxygens (including phenoxy) is 3. The molecule has 166 valence electrons. The first-order valence-electron chi connectivity index (χ1n) is 10.0. The number of nitrogens with zero attached hydrogens (tertiary/aromatic N) is 2. The summed E-state index contributed by atoms with van der Waals surface area (Å²) < 4.78 is 17.9. The van der Waals surface area contributed by atoms with E-state index in [0.29, 0.717) is 48.5 Å². The molecule has 2 aromatic carbocycles. The van der Waals surface area contributed by atoms with Gasteiger partial charge >= 0.3 is 0 Å². The number of nitrogens with one attached hydrogen (secondary N) is 1. The second-order valence-corrected chi connectivity index (χ2v) is 8.18. The molecule has 1 fully saturated rings. The summed E-state index contributed by atoms with van der Waals surface area (Å²) in [6, 6.07) is 11.4. The first kappa shape index (κ1) is 23.5. The fraction of sp³-hybridized carbons (Fsp3) is 0.364. The number of halogens is 2. The van der Waals surface area contributed by atoms with Gasteiger partial charge in [-0.3, -0.25) is 9.69 Å². The summed E-state index contributed by atoms with van der Waals surface area (Å²) in [5, 5.41) is 4.45. The van der Waals surface area contributed by atoms with E-state index in [1.807, 2.05) is 36.1 Å². The molecule has 9 heteroatoms. The molecule has 1 amide bonds. The fourth-order valence-electron chi connectivity index (χ4n) is 2.98. The molecule has 1 saturated heterocycles. The lowest BCUT2D eigenvalue weighted by molar-refractivity contribution is -0.123. The number of morpholine rings is 1.